The number of pyridine rings is 1. The third-order valence-electron chi connectivity index (χ3n) is 5.31. The average Bonchev–Trinajstić information content (AvgIpc) is 2.84. The number of nitrogens with one attached hydrogen (secondary N) is 1. The first-order valence-corrected chi connectivity index (χ1v) is 10.9. The third-order valence-corrected chi connectivity index (χ3v) is 5.31. The van der Waals surface area contributed by atoms with E-state index in [1.165, 1.54) is 5.22 Å². The van der Waals surface area contributed by atoms with Crippen LogP contribution in [-0.2, 0) is 9.59 Å². The molecule has 4 rings (SSSR count). The molecule has 174 valence electrons. The van der Waals surface area contributed by atoms with E-state index < -0.39 is 11.9 Å². The molecular weight excluding hydrogens is 422 g/mol. The monoisotopic (exact) mass is 451 g/mol. The normalized spacial score (nSPS) is 17.8. The van der Waals surface area contributed by atoms with E-state index >= 15 is 0 Å². The number of anilines is 1. The molecule has 2 aromatic rings. The average molecular weight is 452 g/mol. The van der Waals surface area contributed by atoms with Gasteiger partial charge in [-0.1, -0.05) is 30.3 Å². The summed E-state index contributed by atoms with van der Waals surface area (Å²) in [6.45, 7) is 6.33. The van der Waals surface area contributed by atoms with E-state index in [4.69, 9.17) is 15.2 Å². The van der Waals surface area contributed by atoms with E-state index in [-0.39, 0.29) is 6.17 Å². The molecule has 1 saturated heterocycles. The Morgan fingerprint density at radius 2 is 1.70 bits per heavy atom. The Hall–Kier alpha value is -3.56. The standard InChI is InChI=1S/C20H25N5.C4H4O4/c1-2-6-18-17(5-1)8-9-19(23-18)21-11-12-24-13-15-25(16-14-24)20-7-3-4-10-22-20;5-3(6)1-2-4(7)8/h1-8,10,19,21H,9,11-16H2;1-2H,(H,5,6)(H,7,8)/b;2-1+. The molecule has 1 fully saturated rings. The predicted molar refractivity (Wildman–Crippen MR) is 125 cm³/mol. The van der Waals surface area contributed by atoms with Crippen molar-refractivity contribution in [1.82, 2.24) is 15.2 Å². The van der Waals surface area contributed by atoms with Crippen LogP contribution >= 0.6 is 0 Å². The molecule has 33 heavy (non-hydrogen) atoms. The van der Waals surface area contributed by atoms with Gasteiger partial charge in [0, 0.05) is 64.0 Å². The molecule has 1 unspecified atom stereocenters. The van der Waals surface area contributed by atoms with Gasteiger partial charge in [0.1, 0.15) is 12.0 Å². The molecule has 0 radical (unpaired) electrons. The van der Waals surface area contributed by atoms with Crippen molar-refractivity contribution in [2.75, 3.05) is 44.2 Å². The molecule has 1 atom stereocenters. The number of benzene rings is 1. The fraction of sp³-hybridized carbons (Fsp3) is 0.333. The van der Waals surface area contributed by atoms with Gasteiger partial charge >= 0.3 is 11.9 Å². The summed E-state index contributed by atoms with van der Waals surface area (Å²) in [5.74, 6) is -1.42. The van der Waals surface area contributed by atoms with Gasteiger partial charge in [-0.2, -0.15) is 0 Å². The van der Waals surface area contributed by atoms with Crippen molar-refractivity contribution in [2.45, 2.75) is 12.6 Å². The lowest BCUT2D eigenvalue weighted by Crippen LogP contribution is -2.49. The molecule has 0 saturated carbocycles. The van der Waals surface area contributed by atoms with Crippen molar-refractivity contribution in [2.24, 2.45) is 4.99 Å². The summed E-state index contributed by atoms with van der Waals surface area (Å²) in [5, 5.41) is 21.6. The largest absolute Gasteiger partial charge is 0.478 e. The fourth-order valence-electron chi connectivity index (χ4n) is 3.64. The molecule has 1 aromatic carbocycles. The van der Waals surface area contributed by atoms with Crippen LogP contribution in [0, 0.1) is 0 Å². The minimum atomic E-state index is -1.26. The zero-order valence-corrected chi connectivity index (χ0v) is 18.4. The van der Waals surface area contributed by atoms with Crippen LogP contribution in [-0.4, -0.2) is 77.5 Å². The van der Waals surface area contributed by atoms with Crippen LogP contribution in [0.4, 0.5) is 5.82 Å². The van der Waals surface area contributed by atoms with Crippen LogP contribution in [0.15, 0.2) is 65.8 Å². The summed E-state index contributed by atoms with van der Waals surface area (Å²) in [6, 6.07) is 14.5. The number of aromatic nitrogens is 1. The number of para-hydroxylation sites is 1. The molecule has 2 aliphatic heterocycles. The number of piperazine rings is 1. The highest BCUT2D eigenvalue weighted by Crippen LogP contribution is 2.12. The first-order valence-electron chi connectivity index (χ1n) is 10.9. The van der Waals surface area contributed by atoms with Gasteiger partial charge < -0.3 is 15.1 Å². The van der Waals surface area contributed by atoms with Crippen LogP contribution < -0.4 is 20.8 Å². The van der Waals surface area contributed by atoms with Crippen molar-refractivity contribution >= 4 is 23.8 Å². The lowest BCUT2D eigenvalue weighted by atomic mass is 10.2. The predicted octanol–water partition coefficient (Wildman–Crippen LogP) is 0.335. The summed E-state index contributed by atoms with van der Waals surface area (Å²) < 4.78 is 0. The second-order valence-corrected chi connectivity index (χ2v) is 7.62. The summed E-state index contributed by atoms with van der Waals surface area (Å²) in [6.07, 6.45) is 6.46. The molecule has 9 nitrogen and oxygen atoms in total. The summed E-state index contributed by atoms with van der Waals surface area (Å²) in [4.78, 5) is 33.2. The first-order chi connectivity index (χ1) is 16.0. The Morgan fingerprint density at radius 1 is 1.00 bits per heavy atom. The second kappa shape index (κ2) is 12.5. The highest BCUT2D eigenvalue weighted by atomic mass is 16.4. The summed E-state index contributed by atoms with van der Waals surface area (Å²) in [5.41, 5.74) is 0. The van der Waals surface area contributed by atoms with Gasteiger partial charge in [0.25, 0.3) is 0 Å². The van der Waals surface area contributed by atoms with Crippen LogP contribution in [0.25, 0.3) is 6.08 Å². The lowest BCUT2D eigenvalue weighted by molar-refractivity contribution is -0.134. The molecular formula is C24H29N5O4. The number of hydrogen-bond donors (Lipinski definition) is 3. The van der Waals surface area contributed by atoms with Gasteiger partial charge in [0.2, 0.25) is 0 Å². The SMILES string of the molecule is C1=c2ccccc2=NC(NCCN2CCN(c3ccccn3)CC2)C1.O=C(O)/C=C/C(=O)O. The third kappa shape index (κ3) is 8.13. The number of carboxylic acids is 2. The van der Waals surface area contributed by atoms with E-state index in [2.05, 4.69) is 62.6 Å². The molecule has 0 spiro atoms. The van der Waals surface area contributed by atoms with E-state index in [0.717, 1.165) is 56.9 Å². The Kier molecular flexibility index (Phi) is 9.10. The van der Waals surface area contributed by atoms with Gasteiger partial charge in [0.15, 0.2) is 0 Å². The Labute approximate surface area is 192 Å². The minimum Gasteiger partial charge on any atom is -0.478 e. The zero-order chi connectivity index (χ0) is 23.5. The molecule has 0 amide bonds. The Morgan fingerprint density at radius 3 is 2.36 bits per heavy atom. The highest BCUT2D eigenvalue weighted by Gasteiger charge is 2.17. The topological polar surface area (TPSA) is 118 Å². The first kappa shape index (κ1) is 24.1. The van der Waals surface area contributed by atoms with E-state index in [0.29, 0.717) is 12.2 Å². The molecule has 2 aliphatic rings. The number of fused-ring (bicyclic) bond motifs is 1. The van der Waals surface area contributed by atoms with Crippen molar-refractivity contribution in [3.8, 4) is 0 Å². The molecule has 0 bridgehead atoms. The number of nitrogens with zero attached hydrogens (tertiary/aromatic N) is 4. The van der Waals surface area contributed by atoms with Gasteiger partial charge in [-0.15, -0.1) is 0 Å². The van der Waals surface area contributed by atoms with Crippen LogP contribution in [0.5, 0.6) is 0 Å². The molecule has 3 N–H and O–H groups in total. The van der Waals surface area contributed by atoms with Crippen molar-refractivity contribution in [3.05, 3.63) is 71.4 Å². The molecule has 1 aromatic heterocycles. The summed E-state index contributed by atoms with van der Waals surface area (Å²) in [7, 11) is 0. The number of carbonyl (C=O) groups is 2. The van der Waals surface area contributed by atoms with E-state index in [1.54, 1.807) is 0 Å². The number of carboxylic acid groups (broad SMARTS) is 2. The Balaban J connectivity index is 0.000000331. The van der Waals surface area contributed by atoms with Crippen LogP contribution in [0.3, 0.4) is 0 Å². The maximum Gasteiger partial charge on any atom is 0.328 e. The van der Waals surface area contributed by atoms with Gasteiger partial charge in [-0.3, -0.25) is 15.2 Å². The van der Waals surface area contributed by atoms with Crippen LogP contribution in [0.1, 0.15) is 6.42 Å². The van der Waals surface area contributed by atoms with Gasteiger partial charge in [0.05, 0.1) is 5.36 Å². The second-order valence-electron chi connectivity index (χ2n) is 7.62. The fourth-order valence-corrected chi connectivity index (χ4v) is 3.64. The van der Waals surface area contributed by atoms with Gasteiger partial charge in [-0.25, -0.2) is 14.6 Å². The van der Waals surface area contributed by atoms with E-state index in [9.17, 15) is 9.59 Å². The lowest BCUT2D eigenvalue weighted by Gasteiger charge is -2.35. The zero-order valence-electron chi connectivity index (χ0n) is 18.4. The van der Waals surface area contributed by atoms with Gasteiger partial charge in [-0.05, 0) is 23.4 Å². The van der Waals surface area contributed by atoms with Crippen LogP contribution in [0.2, 0.25) is 0 Å². The molecule has 9 heteroatoms. The molecule has 0 aliphatic carbocycles. The summed E-state index contributed by atoms with van der Waals surface area (Å²) >= 11 is 0. The smallest absolute Gasteiger partial charge is 0.328 e. The maximum atomic E-state index is 9.55. The number of rotatable bonds is 7. The van der Waals surface area contributed by atoms with Crippen molar-refractivity contribution in [1.29, 1.82) is 0 Å². The Bertz CT molecular complexity index is 1050. The van der Waals surface area contributed by atoms with Crippen molar-refractivity contribution in [3.63, 3.8) is 0 Å². The number of hydrogen-bond acceptors (Lipinski definition) is 7. The number of aliphatic carboxylic acids is 2. The quantitative estimate of drug-likeness (QED) is 0.516. The highest BCUT2D eigenvalue weighted by molar-refractivity contribution is 5.89. The molecule has 3 heterocycles. The van der Waals surface area contributed by atoms with Crippen molar-refractivity contribution < 1.29 is 19.8 Å². The van der Waals surface area contributed by atoms with E-state index in [1.807, 2.05) is 12.3 Å². The maximum absolute atomic E-state index is 9.55. The minimum absolute atomic E-state index is 0.213.